The molecule has 0 amide bonds. The van der Waals surface area contributed by atoms with Crippen molar-refractivity contribution in [3.63, 3.8) is 0 Å². The Morgan fingerprint density at radius 2 is 1.46 bits per heavy atom. The Labute approximate surface area is 200 Å². The van der Waals surface area contributed by atoms with Crippen LogP contribution in [-0.4, -0.2) is 19.4 Å². The van der Waals surface area contributed by atoms with E-state index in [1.165, 1.54) is 44.5 Å². The first-order valence-electron chi connectivity index (χ1n) is 12.1. The molecule has 9 rings (SSSR count). The van der Waals surface area contributed by atoms with Crippen LogP contribution in [0.2, 0.25) is 0 Å². The van der Waals surface area contributed by atoms with Crippen LogP contribution >= 0.6 is 0 Å². The number of fused-ring (bicyclic) bond motifs is 16. The van der Waals surface area contributed by atoms with Crippen molar-refractivity contribution in [2.24, 2.45) is 0 Å². The highest BCUT2D eigenvalue weighted by atomic mass is 15.0. The van der Waals surface area contributed by atoms with Crippen molar-refractivity contribution in [3.05, 3.63) is 107 Å². The van der Waals surface area contributed by atoms with Gasteiger partial charge in [-0.2, -0.15) is 0 Å². The molecule has 0 radical (unpaired) electrons. The van der Waals surface area contributed by atoms with Crippen molar-refractivity contribution < 1.29 is 0 Å². The number of hydrogen-bond acceptors (Lipinski definition) is 3. The van der Waals surface area contributed by atoms with E-state index in [2.05, 4.69) is 65.1 Å². The lowest BCUT2D eigenvalue weighted by molar-refractivity contribution is 1.23. The van der Waals surface area contributed by atoms with Crippen molar-refractivity contribution in [3.8, 4) is 22.3 Å². The summed E-state index contributed by atoms with van der Waals surface area (Å²) in [6.07, 6.45) is 5.68. The lowest BCUT2D eigenvalue weighted by Crippen LogP contribution is -1.95. The molecule has 4 aromatic heterocycles. The van der Waals surface area contributed by atoms with E-state index < -0.39 is 0 Å². The van der Waals surface area contributed by atoms with Crippen LogP contribution < -0.4 is 0 Å². The molecule has 0 fully saturated rings. The molecule has 0 N–H and O–H groups in total. The first-order valence-corrected chi connectivity index (χ1v) is 12.1. The summed E-state index contributed by atoms with van der Waals surface area (Å²) >= 11 is 0. The van der Waals surface area contributed by atoms with Gasteiger partial charge < -0.3 is 0 Å². The average Bonchev–Trinajstić information content (AvgIpc) is 3.59. The van der Waals surface area contributed by atoms with Gasteiger partial charge in [0.15, 0.2) is 5.65 Å². The smallest absolute Gasteiger partial charge is 0.165 e. The Bertz CT molecular complexity index is 2070. The highest BCUT2D eigenvalue weighted by molar-refractivity contribution is 6.13. The van der Waals surface area contributed by atoms with Gasteiger partial charge in [-0.25, -0.2) is 4.98 Å². The minimum absolute atomic E-state index is 0.893. The summed E-state index contributed by atoms with van der Waals surface area (Å²) in [5, 5.41) is 1.04. The highest BCUT2D eigenvalue weighted by Crippen LogP contribution is 2.49. The van der Waals surface area contributed by atoms with Crippen LogP contribution in [0.1, 0.15) is 22.3 Å². The SMILES string of the molecule is c1ccc2c(c1)Cc1ccc3c(c1-2)Cc1ccc2nc4c5ncccc5c5ncccc5n4c2c1-3. The summed E-state index contributed by atoms with van der Waals surface area (Å²) in [4.78, 5) is 14.6. The minimum Gasteiger partial charge on any atom is -0.288 e. The molecular weight excluding hydrogens is 428 g/mol. The summed E-state index contributed by atoms with van der Waals surface area (Å²) < 4.78 is 2.29. The molecule has 0 spiro atoms. The third-order valence-corrected chi connectivity index (χ3v) is 7.91. The monoisotopic (exact) mass is 446 g/mol. The van der Waals surface area contributed by atoms with Gasteiger partial charge in [0.05, 0.1) is 22.1 Å². The van der Waals surface area contributed by atoms with Gasteiger partial charge in [-0.05, 0) is 82.1 Å². The van der Waals surface area contributed by atoms with Crippen molar-refractivity contribution in [1.82, 2.24) is 19.4 Å². The van der Waals surface area contributed by atoms with Gasteiger partial charge in [0.1, 0.15) is 5.52 Å². The maximum absolute atomic E-state index is 5.13. The number of imidazole rings is 1. The van der Waals surface area contributed by atoms with Crippen LogP contribution in [0, 0.1) is 0 Å². The number of nitrogens with zero attached hydrogens (tertiary/aromatic N) is 4. The molecule has 0 saturated carbocycles. The molecule has 0 unspecified atom stereocenters. The normalized spacial score (nSPS) is 13.5. The molecule has 7 aromatic rings. The zero-order chi connectivity index (χ0) is 22.7. The summed E-state index contributed by atoms with van der Waals surface area (Å²) in [6, 6.07) is 26.2. The first kappa shape index (κ1) is 17.8. The second-order valence-electron chi connectivity index (χ2n) is 9.65. The van der Waals surface area contributed by atoms with Crippen molar-refractivity contribution in [1.29, 1.82) is 0 Å². The van der Waals surface area contributed by atoms with Crippen LogP contribution in [0.15, 0.2) is 85.2 Å². The second-order valence-corrected chi connectivity index (χ2v) is 9.65. The van der Waals surface area contributed by atoms with Gasteiger partial charge in [-0.1, -0.05) is 42.5 Å². The molecule has 0 saturated heterocycles. The predicted molar refractivity (Wildman–Crippen MR) is 140 cm³/mol. The molecule has 0 aliphatic heterocycles. The summed E-state index contributed by atoms with van der Waals surface area (Å²) in [7, 11) is 0. The molecule has 35 heavy (non-hydrogen) atoms. The van der Waals surface area contributed by atoms with E-state index in [-0.39, 0.29) is 0 Å². The quantitative estimate of drug-likeness (QED) is 0.243. The maximum atomic E-state index is 5.13. The first-order chi connectivity index (χ1) is 17.4. The van der Waals surface area contributed by atoms with Crippen molar-refractivity contribution in [2.75, 3.05) is 0 Å². The fraction of sp³-hybridized carbons (Fsp3) is 0.0645. The van der Waals surface area contributed by atoms with Crippen molar-refractivity contribution in [2.45, 2.75) is 12.8 Å². The summed E-state index contributed by atoms with van der Waals surface area (Å²) in [6.45, 7) is 0. The standard InChI is InChI=1S/C31H18N4/c1-2-6-20-17(5-1)15-18-9-11-21-23(26(18)20)16-19-10-12-24-30(27(19)21)35-25-8-4-14-32-28(25)22-7-3-13-33-29(22)31(35)34-24/h1-14H,15-16H2. The fourth-order valence-corrected chi connectivity index (χ4v) is 6.52. The van der Waals surface area contributed by atoms with Gasteiger partial charge >= 0.3 is 0 Å². The number of pyridine rings is 3. The Kier molecular flexibility index (Phi) is 3.11. The molecular formula is C31H18N4. The van der Waals surface area contributed by atoms with E-state index in [1.807, 2.05) is 24.5 Å². The number of benzene rings is 3. The molecule has 162 valence electrons. The zero-order valence-corrected chi connectivity index (χ0v) is 18.8. The fourth-order valence-electron chi connectivity index (χ4n) is 6.52. The molecule has 0 bridgehead atoms. The van der Waals surface area contributed by atoms with Gasteiger partial charge in [-0.15, -0.1) is 0 Å². The van der Waals surface area contributed by atoms with Crippen LogP contribution in [0.25, 0.3) is 60.9 Å². The van der Waals surface area contributed by atoms with E-state index in [0.717, 1.165) is 51.5 Å². The number of aromatic nitrogens is 4. The molecule has 2 aliphatic rings. The van der Waals surface area contributed by atoms with E-state index in [1.54, 1.807) is 0 Å². The van der Waals surface area contributed by atoms with Gasteiger partial charge in [0, 0.05) is 23.3 Å². The topological polar surface area (TPSA) is 43.1 Å². The third kappa shape index (κ3) is 2.11. The number of rotatable bonds is 0. The van der Waals surface area contributed by atoms with Gasteiger partial charge in [0.25, 0.3) is 0 Å². The highest BCUT2D eigenvalue weighted by Gasteiger charge is 2.30. The Morgan fingerprint density at radius 3 is 2.43 bits per heavy atom. The Morgan fingerprint density at radius 1 is 0.629 bits per heavy atom. The number of hydrogen-bond donors (Lipinski definition) is 0. The van der Waals surface area contributed by atoms with E-state index in [9.17, 15) is 0 Å². The van der Waals surface area contributed by atoms with Crippen LogP contribution in [0.4, 0.5) is 0 Å². The van der Waals surface area contributed by atoms with Crippen molar-refractivity contribution >= 4 is 38.6 Å². The van der Waals surface area contributed by atoms with E-state index >= 15 is 0 Å². The van der Waals surface area contributed by atoms with Gasteiger partial charge in [-0.3, -0.25) is 14.4 Å². The molecule has 4 heterocycles. The summed E-state index contributed by atoms with van der Waals surface area (Å²) in [5.41, 5.74) is 17.1. The predicted octanol–water partition coefficient (Wildman–Crippen LogP) is 6.73. The Hall–Kier alpha value is -4.57. The van der Waals surface area contributed by atoms with E-state index in [4.69, 9.17) is 15.0 Å². The second kappa shape index (κ2) is 6.10. The van der Waals surface area contributed by atoms with Crippen LogP contribution in [-0.2, 0) is 12.8 Å². The molecule has 2 aliphatic carbocycles. The van der Waals surface area contributed by atoms with Gasteiger partial charge in [0.2, 0.25) is 0 Å². The largest absolute Gasteiger partial charge is 0.288 e. The summed E-state index contributed by atoms with van der Waals surface area (Å²) in [5.74, 6) is 0. The molecule has 4 nitrogen and oxygen atoms in total. The molecule has 4 heteroatoms. The average molecular weight is 447 g/mol. The van der Waals surface area contributed by atoms with E-state index in [0.29, 0.717) is 0 Å². The van der Waals surface area contributed by atoms with Crippen LogP contribution in [0.5, 0.6) is 0 Å². The molecule has 0 atom stereocenters. The lowest BCUT2D eigenvalue weighted by Gasteiger charge is -2.11. The van der Waals surface area contributed by atoms with Crippen LogP contribution in [0.3, 0.4) is 0 Å². The third-order valence-electron chi connectivity index (χ3n) is 7.91. The Balaban J connectivity index is 1.47. The minimum atomic E-state index is 0.893. The zero-order valence-electron chi connectivity index (χ0n) is 18.8. The molecule has 3 aromatic carbocycles. The maximum Gasteiger partial charge on any atom is 0.165 e. The lowest BCUT2D eigenvalue weighted by atomic mass is 9.95.